The van der Waals surface area contributed by atoms with E-state index < -0.39 is 11.9 Å². The van der Waals surface area contributed by atoms with Crippen LogP contribution in [0.3, 0.4) is 0 Å². The fraction of sp³-hybridized carbons (Fsp3) is 0.471. The van der Waals surface area contributed by atoms with Crippen LogP contribution in [0.5, 0.6) is 0 Å². The van der Waals surface area contributed by atoms with Gasteiger partial charge in [-0.05, 0) is 25.3 Å². The summed E-state index contributed by atoms with van der Waals surface area (Å²) in [5.74, 6) is 0.877. The minimum absolute atomic E-state index is 0.000790. The molecule has 0 aliphatic carbocycles. The molecule has 138 valence electrons. The minimum Gasteiger partial charge on any atom is -0.355 e. The van der Waals surface area contributed by atoms with Crippen LogP contribution >= 0.6 is 22.7 Å². The zero-order valence-electron chi connectivity index (χ0n) is 14.1. The Hall–Kier alpha value is -1.74. The Morgan fingerprint density at radius 1 is 1.31 bits per heavy atom. The molecule has 3 aromatic heterocycles. The molecule has 0 radical (unpaired) electrons. The van der Waals surface area contributed by atoms with E-state index >= 15 is 0 Å². The smallest absolute Gasteiger partial charge is 0.355 e. The van der Waals surface area contributed by atoms with Crippen LogP contribution in [0, 0.1) is 0 Å². The van der Waals surface area contributed by atoms with E-state index in [1.165, 1.54) is 4.88 Å². The summed E-state index contributed by atoms with van der Waals surface area (Å²) in [7, 11) is 0. The SMILES string of the molecule is CCc1cc2c(N3CCCC(c4nc(C(F)(F)F)cs4)C3)ncnc2s1. The number of aromatic nitrogens is 3. The molecule has 26 heavy (non-hydrogen) atoms. The zero-order valence-corrected chi connectivity index (χ0v) is 15.7. The molecule has 0 aromatic carbocycles. The van der Waals surface area contributed by atoms with Crippen LogP contribution in [0.2, 0.25) is 0 Å². The Bertz CT molecular complexity index is 918. The van der Waals surface area contributed by atoms with Crippen molar-refractivity contribution in [2.75, 3.05) is 18.0 Å². The van der Waals surface area contributed by atoms with Crippen molar-refractivity contribution in [2.45, 2.75) is 38.3 Å². The van der Waals surface area contributed by atoms with E-state index in [4.69, 9.17) is 0 Å². The van der Waals surface area contributed by atoms with Crippen LogP contribution < -0.4 is 4.90 Å². The van der Waals surface area contributed by atoms with Crippen LogP contribution in [0.1, 0.15) is 41.3 Å². The van der Waals surface area contributed by atoms with Crippen LogP contribution in [-0.4, -0.2) is 28.0 Å². The van der Waals surface area contributed by atoms with Gasteiger partial charge in [0.15, 0.2) is 5.69 Å². The summed E-state index contributed by atoms with van der Waals surface area (Å²) < 4.78 is 38.5. The lowest BCUT2D eigenvalue weighted by molar-refractivity contribution is -0.140. The Labute approximate surface area is 156 Å². The lowest BCUT2D eigenvalue weighted by Crippen LogP contribution is -2.35. The van der Waals surface area contributed by atoms with Crippen LogP contribution in [0.4, 0.5) is 19.0 Å². The second-order valence-electron chi connectivity index (χ2n) is 6.34. The number of halogens is 3. The van der Waals surface area contributed by atoms with Crippen molar-refractivity contribution in [3.63, 3.8) is 0 Å². The molecule has 3 aromatic rings. The standard InChI is InChI=1S/C17H17F3N4S2/c1-2-11-6-12-14(21-9-22-16(12)26-11)24-5-3-4-10(7-24)15-23-13(8-25-15)17(18,19)20/h6,8-10H,2-5,7H2,1H3. The van der Waals surface area contributed by atoms with E-state index in [1.807, 2.05) is 0 Å². The molecule has 1 aliphatic heterocycles. The number of hydrogen-bond acceptors (Lipinski definition) is 6. The maximum Gasteiger partial charge on any atom is 0.434 e. The molecule has 1 fully saturated rings. The molecular weight excluding hydrogens is 381 g/mol. The van der Waals surface area contributed by atoms with Crippen molar-refractivity contribution >= 4 is 38.7 Å². The molecule has 1 saturated heterocycles. The first kappa shape index (κ1) is 17.7. The maximum absolute atomic E-state index is 12.8. The highest BCUT2D eigenvalue weighted by molar-refractivity contribution is 7.18. The predicted molar refractivity (Wildman–Crippen MR) is 98.1 cm³/mol. The maximum atomic E-state index is 12.8. The van der Waals surface area contributed by atoms with E-state index in [-0.39, 0.29) is 5.92 Å². The molecule has 0 spiro atoms. The normalized spacial score (nSPS) is 18.6. The van der Waals surface area contributed by atoms with E-state index in [0.717, 1.165) is 58.6 Å². The first-order valence-electron chi connectivity index (χ1n) is 8.46. The first-order chi connectivity index (χ1) is 12.5. The van der Waals surface area contributed by atoms with Gasteiger partial charge >= 0.3 is 6.18 Å². The van der Waals surface area contributed by atoms with Crippen molar-refractivity contribution in [1.82, 2.24) is 15.0 Å². The second kappa shape index (κ2) is 6.77. The largest absolute Gasteiger partial charge is 0.434 e. The van der Waals surface area contributed by atoms with Gasteiger partial charge in [-0.25, -0.2) is 15.0 Å². The molecule has 0 N–H and O–H groups in total. The molecular formula is C17H17F3N4S2. The Morgan fingerprint density at radius 3 is 2.88 bits per heavy atom. The van der Waals surface area contributed by atoms with Crippen molar-refractivity contribution in [3.8, 4) is 0 Å². The first-order valence-corrected chi connectivity index (χ1v) is 10.2. The van der Waals surface area contributed by atoms with Gasteiger partial charge in [-0.3, -0.25) is 0 Å². The molecule has 9 heteroatoms. The molecule has 4 rings (SSSR count). The quantitative estimate of drug-likeness (QED) is 0.615. The number of anilines is 1. The van der Waals surface area contributed by atoms with E-state index in [0.29, 0.717) is 11.6 Å². The summed E-state index contributed by atoms with van der Waals surface area (Å²) in [5, 5.41) is 2.71. The predicted octanol–water partition coefficient (Wildman–Crippen LogP) is 5.11. The number of thiophene rings is 1. The Morgan fingerprint density at radius 2 is 2.15 bits per heavy atom. The molecule has 0 bridgehead atoms. The third kappa shape index (κ3) is 3.29. The van der Waals surface area contributed by atoms with Crippen LogP contribution in [-0.2, 0) is 12.6 Å². The van der Waals surface area contributed by atoms with E-state index in [1.54, 1.807) is 17.7 Å². The highest BCUT2D eigenvalue weighted by Crippen LogP contribution is 2.37. The summed E-state index contributed by atoms with van der Waals surface area (Å²) >= 11 is 2.77. The minimum atomic E-state index is -4.38. The van der Waals surface area contributed by atoms with Crippen molar-refractivity contribution in [3.05, 3.63) is 33.4 Å². The Kier molecular flexibility index (Phi) is 4.60. The van der Waals surface area contributed by atoms with Gasteiger partial charge in [0.05, 0.1) is 10.4 Å². The van der Waals surface area contributed by atoms with Gasteiger partial charge in [0, 0.05) is 29.3 Å². The number of aryl methyl sites for hydroxylation is 1. The summed E-state index contributed by atoms with van der Waals surface area (Å²) in [6, 6.07) is 2.13. The van der Waals surface area contributed by atoms with E-state index in [2.05, 4.69) is 32.8 Å². The van der Waals surface area contributed by atoms with Gasteiger partial charge < -0.3 is 4.90 Å². The summed E-state index contributed by atoms with van der Waals surface area (Å²) in [4.78, 5) is 17.1. The Balaban J connectivity index is 1.61. The fourth-order valence-electron chi connectivity index (χ4n) is 3.30. The third-order valence-corrected chi connectivity index (χ3v) is 6.79. The van der Waals surface area contributed by atoms with Gasteiger partial charge in [0.2, 0.25) is 0 Å². The van der Waals surface area contributed by atoms with Crippen molar-refractivity contribution in [2.24, 2.45) is 0 Å². The number of fused-ring (bicyclic) bond motifs is 1. The summed E-state index contributed by atoms with van der Waals surface area (Å²) in [6.07, 6.45) is -0.110. The van der Waals surface area contributed by atoms with E-state index in [9.17, 15) is 13.2 Å². The van der Waals surface area contributed by atoms with Gasteiger partial charge in [-0.1, -0.05) is 6.92 Å². The second-order valence-corrected chi connectivity index (χ2v) is 8.34. The number of thiazole rings is 1. The summed E-state index contributed by atoms with van der Waals surface area (Å²) in [6.45, 7) is 3.58. The van der Waals surface area contributed by atoms with Gasteiger partial charge in [-0.15, -0.1) is 22.7 Å². The summed E-state index contributed by atoms with van der Waals surface area (Å²) in [5.41, 5.74) is -0.788. The average Bonchev–Trinajstić information content (AvgIpc) is 3.28. The molecule has 1 unspecified atom stereocenters. The van der Waals surface area contributed by atoms with Gasteiger partial charge in [0.25, 0.3) is 0 Å². The van der Waals surface area contributed by atoms with Crippen molar-refractivity contribution in [1.29, 1.82) is 0 Å². The topological polar surface area (TPSA) is 41.9 Å². The molecule has 4 nitrogen and oxygen atoms in total. The molecule has 0 amide bonds. The van der Waals surface area contributed by atoms with Crippen LogP contribution in [0.15, 0.2) is 17.8 Å². The van der Waals surface area contributed by atoms with Crippen molar-refractivity contribution < 1.29 is 13.2 Å². The number of rotatable bonds is 3. The third-order valence-electron chi connectivity index (χ3n) is 4.59. The highest BCUT2D eigenvalue weighted by atomic mass is 32.1. The lowest BCUT2D eigenvalue weighted by atomic mass is 9.98. The zero-order chi connectivity index (χ0) is 18.3. The molecule has 1 atom stereocenters. The highest BCUT2D eigenvalue weighted by Gasteiger charge is 2.35. The number of alkyl halides is 3. The lowest BCUT2D eigenvalue weighted by Gasteiger charge is -2.33. The molecule has 4 heterocycles. The number of nitrogens with zero attached hydrogens (tertiary/aromatic N) is 4. The number of hydrogen-bond donors (Lipinski definition) is 0. The fourth-order valence-corrected chi connectivity index (χ4v) is 5.18. The molecule has 1 aliphatic rings. The monoisotopic (exact) mass is 398 g/mol. The average molecular weight is 398 g/mol. The van der Waals surface area contributed by atoms with Gasteiger partial charge in [0.1, 0.15) is 17.0 Å². The van der Waals surface area contributed by atoms with Gasteiger partial charge in [-0.2, -0.15) is 13.2 Å². The molecule has 0 saturated carbocycles. The van der Waals surface area contributed by atoms with Crippen LogP contribution in [0.25, 0.3) is 10.2 Å². The number of piperidine rings is 1.